The van der Waals surface area contributed by atoms with Crippen LogP contribution in [0, 0.1) is 0 Å². The second-order valence-corrected chi connectivity index (χ2v) is 5.75. The normalized spacial score (nSPS) is 14.5. The minimum absolute atomic E-state index is 0.0925. The van der Waals surface area contributed by atoms with Crippen molar-refractivity contribution in [2.75, 3.05) is 11.5 Å². The lowest BCUT2D eigenvalue weighted by Crippen LogP contribution is -2.21. The third kappa shape index (κ3) is 6.12. The number of nitrogen functional groups attached to an aromatic ring is 1. The average Bonchev–Trinajstić information content (AvgIpc) is 2.35. The maximum atomic E-state index is 12.1. The molecule has 0 aliphatic carbocycles. The number of aliphatic hydroxyl groups excluding tert-OH is 2. The number of anilines is 1. The number of rotatable bonds is 6. The molecule has 0 spiro atoms. The Morgan fingerprint density at radius 1 is 1.41 bits per heavy atom. The third-order valence-electron chi connectivity index (χ3n) is 2.69. The van der Waals surface area contributed by atoms with Crippen molar-refractivity contribution in [2.45, 2.75) is 31.9 Å². The average molecular weight is 339 g/mol. The minimum atomic E-state index is -4.84. The summed E-state index contributed by atoms with van der Waals surface area (Å²) in [5, 5.41) is 19.7. The molecule has 5 nitrogen and oxygen atoms in total. The molecule has 22 heavy (non-hydrogen) atoms. The molecule has 0 radical (unpaired) electrons. The van der Waals surface area contributed by atoms with Crippen molar-refractivity contribution in [3.63, 3.8) is 0 Å². The summed E-state index contributed by atoms with van der Waals surface area (Å²) in [6, 6.07) is 3.07. The van der Waals surface area contributed by atoms with Crippen molar-refractivity contribution in [3.05, 3.63) is 23.8 Å². The van der Waals surface area contributed by atoms with Gasteiger partial charge in [0.15, 0.2) is 5.12 Å². The summed E-state index contributed by atoms with van der Waals surface area (Å²) in [6.45, 7) is 1.38. The van der Waals surface area contributed by atoms with Crippen molar-refractivity contribution < 1.29 is 32.9 Å². The number of carbonyl (C=O) groups is 1. The van der Waals surface area contributed by atoms with Gasteiger partial charge in [-0.2, -0.15) is 0 Å². The number of benzene rings is 1. The smallest absolute Gasteiger partial charge is 0.406 e. The second kappa shape index (κ2) is 7.70. The van der Waals surface area contributed by atoms with E-state index in [-0.39, 0.29) is 22.8 Å². The van der Waals surface area contributed by atoms with Crippen LogP contribution >= 0.6 is 11.8 Å². The molecule has 0 aliphatic rings. The molecule has 1 aromatic carbocycles. The van der Waals surface area contributed by atoms with Gasteiger partial charge >= 0.3 is 6.36 Å². The van der Waals surface area contributed by atoms with Crippen LogP contribution in [0.4, 0.5) is 18.9 Å². The summed E-state index contributed by atoms with van der Waals surface area (Å²) in [5.74, 6) is -0.203. The number of hydrogen-bond acceptors (Lipinski definition) is 6. The van der Waals surface area contributed by atoms with Crippen molar-refractivity contribution in [1.29, 1.82) is 0 Å². The van der Waals surface area contributed by atoms with Crippen LogP contribution in [0.3, 0.4) is 0 Å². The Balaban J connectivity index is 2.73. The van der Waals surface area contributed by atoms with E-state index in [9.17, 15) is 28.2 Å². The van der Waals surface area contributed by atoms with Crippen LogP contribution in [0.25, 0.3) is 0 Å². The molecule has 4 N–H and O–H groups in total. The first-order valence-electron chi connectivity index (χ1n) is 6.25. The highest BCUT2D eigenvalue weighted by atomic mass is 32.2. The van der Waals surface area contributed by atoms with Gasteiger partial charge in [0.2, 0.25) is 0 Å². The Hall–Kier alpha value is -1.45. The fraction of sp³-hybridized carbons (Fsp3) is 0.462. The van der Waals surface area contributed by atoms with Crippen LogP contribution < -0.4 is 10.5 Å². The fourth-order valence-electron chi connectivity index (χ4n) is 1.71. The Kier molecular flexibility index (Phi) is 6.51. The molecule has 0 bridgehead atoms. The number of carbonyl (C=O) groups excluding carboxylic acids is 1. The zero-order valence-corrected chi connectivity index (χ0v) is 12.4. The van der Waals surface area contributed by atoms with Crippen molar-refractivity contribution >= 4 is 22.6 Å². The van der Waals surface area contributed by atoms with E-state index in [1.807, 2.05) is 0 Å². The molecule has 9 heteroatoms. The molecule has 0 fully saturated rings. The highest BCUT2D eigenvalue weighted by Gasteiger charge is 2.31. The highest BCUT2D eigenvalue weighted by molar-refractivity contribution is 8.13. The van der Waals surface area contributed by atoms with Crippen molar-refractivity contribution in [1.82, 2.24) is 0 Å². The Labute approximate surface area is 129 Å². The maximum Gasteiger partial charge on any atom is 0.573 e. The SMILES string of the molecule is CC(=O)SCCC(O)C(O)c1ccc(OC(F)(F)F)cc1N. The van der Waals surface area contributed by atoms with E-state index >= 15 is 0 Å². The topological polar surface area (TPSA) is 92.8 Å². The number of alkyl halides is 3. The molecule has 2 unspecified atom stereocenters. The molecular formula is C13H16F3NO4S. The molecule has 0 amide bonds. The lowest BCUT2D eigenvalue weighted by Gasteiger charge is -2.20. The zero-order valence-electron chi connectivity index (χ0n) is 11.6. The quantitative estimate of drug-likeness (QED) is 0.688. The first-order chi connectivity index (χ1) is 10.1. The Morgan fingerprint density at radius 2 is 2.05 bits per heavy atom. The van der Waals surface area contributed by atoms with Gasteiger partial charge in [0, 0.05) is 30.0 Å². The summed E-state index contributed by atoms with van der Waals surface area (Å²) < 4.78 is 40.0. The number of aliphatic hydroxyl groups is 2. The van der Waals surface area contributed by atoms with E-state index in [0.717, 1.165) is 30.0 Å². The lowest BCUT2D eigenvalue weighted by molar-refractivity contribution is -0.274. The van der Waals surface area contributed by atoms with Gasteiger partial charge in [-0.3, -0.25) is 4.79 Å². The van der Waals surface area contributed by atoms with Crippen LogP contribution in [-0.2, 0) is 4.79 Å². The summed E-state index contributed by atoms with van der Waals surface area (Å²) in [7, 11) is 0. The van der Waals surface area contributed by atoms with Gasteiger partial charge in [0.25, 0.3) is 0 Å². The summed E-state index contributed by atoms with van der Waals surface area (Å²) in [5.41, 5.74) is 5.54. The third-order valence-corrected chi connectivity index (χ3v) is 3.54. The molecule has 0 saturated carbocycles. The molecule has 0 saturated heterocycles. The van der Waals surface area contributed by atoms with E-state index < -0.39 is 24.3 Å². The predicted octanol–water partition coefficient (Wildman–Crippen LogP) is 2.23. The zero-order chi connectivity index (χ0) is 16.9. The van der Waals surface area contributed by atoms with Gasteiger partial charge in [-0.05, 0) is 12.5 Å². The fourth-order valence-corrected chi connectivity index (χ4v) is 2.35. The number of nitrogens with two attached hydrogens (primary N) is 1. The Bertz CT molecular complexity index is 524. The molecule has 0 heterocycles. The van der Waals surface area contributed by atoms with Crippen LogP contribution in [0.1, 0.15) is 25.0 Å². The van der Waals surface area contributed by atoms with Crippen molar-refractivity contribution in [3.8, 4) is 5.75 Å². The van der Waals surface area contributed by atoms with Crippen LogP contribution in [0.2, 0.25) is 0 Å². The summed E-state index contributed by atoms with van der Waals surface area (Å²) in [6.07, 6.45) is -7.27. The first-order valence-corrected chi connectivity index (χ1v) is 7.23. The van der Waals surface area contributed by atoms with Crippen LogP contribution in [-0.4, -0.2) is 33.5 Å². The molecule has 0 aromatic heterocycles. The molecule has 2 atom stereocenters. The lowest BCUT2D eigenvalue weighted by atomic mass is 10.0. The van der Waals surface area contributed by atoms with E-state index in [4.69, 9.17) is 5.73 Å². The second-order valence-electron chi connectivity index (χ2n) is 4.48. The van der Waals surface area contributed by atoms with Crippen LogP contribution in [0.5, 0.6) is 5.75 Å². The highest BCUT2D eigenvalue weighted by Crippen LogP contribution is 2.31. The summed E-state index contributed by atoms with van der Waals surface area (Å²) >= 11 is 0.999. The summed E-state index contributed by atoms with van der Waals surface area (Å²) in [4.78, 5) is 10.8. The van der Waals surface area contributed by atoms with Gasteiger partial charge in [-0.1, -0.05) is 17.8 Å². The molecule has 1 rings (SSSR count). The van der Waals surface area contributed by atoms with Gasteiger partial charge < -0.3 is 20.7 Å². The van der Waals surface area contributed by atoms with Crippen molar-refractivity contribution in [2.24, 2.45) is 0 Å². The maximum absolute atomic E-state index is 12.1. The Morgan fingerprint density at radius 3 is 2.55 bits per heavy atom. The minimum Gasteiger partial charge on any atom is -0.406 e. The van der Waals surface area contributed by atoms with Gasteiger partial charge in [0.1, 0.15) is 11.9 Å². The van der Waals surface area contributed by atoms with E-state index in [2.05, 4.69) is 4.74 Å². The first kappa shape index (κ1) is 18.6. The number of thioether (sulfide) groups is 1. The monoisotopic (exact) mass is 339 g/mol. The van der Waals surface area contributed by atoms with E-state index in [0.29, 0.717) is 5.75 Å². The molecule has 124 valence electrons. The van der Waals surface area contributed by atoms with E-state index in [1.54, 1.807) is 0 Å². The largest absolute Gasteiger partial charge is 0.573 e. The molecule has 1 aromatic rings. The van der Waals surface area contributed by atoms with Gasteiger partial charge in [-0.25, -0.2) is 0 Å². The molecule has 0 aliphatic heterocycles. The standard InChI is InChI=1S/C13H16F3NO4S/c1-7(18)22-5-4-11(19)12(20)9-3-2-8(6-10(9)17)21-13(14,15)16/h2-3,6,11-12,19-20H,4-5,17H2,1H3. The predicted molar refractivity (Wildman–Crippen MR) is 76.3 cm³/mol. The molecular weight excluding hydrogens is 323 g/mol. The van der Waals surface area contributed by atoms with E-state index in [1.165, 1.54) is 6.92 Å². The van der Waals surface area contributed by atoms with Crippen LogP contribution in [0.15, 0.2) is 18.2 Å². The van der Waals surface area contributed by atoms with Gasteiger partial charge in [-0.15, -0.1) is 13.2 Å². The number of hydrogen-bond donors (Lipinski definition) is 3. The van der Waals surface area contributed by atoms with Gasteiger partial charge in [0.05, 0.1) is 6.10 Å². The number of halogens is 3. The number of ether oxygens (including phenoxy) is 1.